The molecule has 3 rings (SSSR count). The van der Waals surface area contributed by atoms with Crippen molar-refractivity contribution in [2.75, 3.05) is 18.1 Å². The zero-order chi connectivity index (χ0) is 13.8. The van der Waals surface area contributed by atoms with Crippen molar-refractivity contribution in [3.63, 3.8) is 0 Å². The summed E-state index contributed by atoms with van der Waals surface area (Å²) in [6.45, 7) is 3.74. The second-order valence-electron chi connectivity index (χ2n) is 5.43. The van der Waals surface area contributed by atoms with Gasteiger partial charge in [0.2, 0.25) is 0 Å². The maximum absolute atomic E-state index is 5.74. The molecule has 2 heteroatoms. The Kier molecular flexibility index (Phi) is 4.64. The molecule has 0 radical (unpaired) electrons. The summed E-state index contributed by atoms with van der Waals surface area (Å²) in [5.41, 5.74) is 1.33. The third-order valence-corrected chi connectivity index (χ3v) is 6.46. The smallest absolute Gasteiger partial charge is 0.162 e. The van der Waals surface area contributed by atoms with Crippen LogP contribution in [-0.2, 0) is 22.2 Å². The van der Waals surface area contributed by atoms with E-state index in [-0.39, 0.29) is 0 Å². The topological polar surface area (TPSA) is 9.23 Å². The zero-order valence-corrected chi connectivity index (χ0v) is 13.0. The van der Waals surface area contributed by atoms with Crippen molar-refractivity contribution in [3.05, 3.63) is 42.0 Å². The van der Waals surface area contributed by atoms with Crippen molar-refractivity contribution in [1.82, 2.24) is 0 Å². The SMILES string of the molecule is CCCOCc1ccc([S+]2CCCC2)c2ccccc12. The van der Waals surface area contributed by atoms with E-state index in [0.717, 1.165) is 19.6 Å². The fourth-order valence-corrected chi connectivity index (χ4v) is 5.41. The summed E-state index contributed by atoms with van der Waals surface area (Å²) in [7, 11) is 0.478. The Morgan fingerprint density at radius 1 is 1.00 bits per heavy atom. The zero-order valence-electron chi connectivity index (χ0n) is 12.2. The summed E-state index contributed by atoms with van der Waals surface area (Å²) in [5, 5.41) is 2.84. The van der Waals surface area contributed by atoms with Crippen LogP contribution in [0.4, 0.5) is 0 Å². The molecule has 1 aliphatic rings. The summed E-state index contributed by atoms with van der Waals surface area (Å²) >= 11 is 0. The highest BCUT2D eigenvalue weighted by atomic mass is 32.2. The summed E-state index contributed by atoms with van der Waals surface area (Å²) in [6.07, 6.45) is 3.89. The van der Waals surface area contributed by atoms with Crippen LogP contribution in [0.15, 0.2) is 41.3 Å². The van der Waals surface area contributed by atoms with E-state index in [2.05, 4.69) is 43.3 Å². The van der Waals surface area contributed by atoms with Crippen LogP contribution in [0.5, 0.6) is 0 Å². The van der Waals surface area contributed by atoms with Gasteiger partial charge in [0.05, 0.1) is 6.61 Å². The molecule has 1 nitrogen and oxygen atoms in total. The van der Waals surface area contributed by atoms with Crippen LogP contribution in [0.1, 0.15) is 31.7 Å². The third kappa shape index (κ3) is 2.87. The monoisotopic (exact) mass is 287 g/mol. The second-order valence-corrected chi connectivity index (χ2v) is 7.67. The molecule has 1 saturated heterocycles. The molecule has 1 fully saturated rings. The van der Waals surface area contributed by atoms with Crippen molar-refractivity contribution in [1.29, 1.82) is 0 Å². The first-order valence-electron chi connectivity index (χ1n) is 7.66. The van der Waals surface area contributed by atoms with E-state index in [9.17, 15) is 0 Å². The summed E-state index contributed by atoms with van der Waals surface area (Å²) in [6, 6.07) is 13.5. The van der Waals surface area contributed by atoms with Crippen LogP contribution >= 0.6 is 0 Å². The van der Waals surface area contributed by atoms with Crippen molar-refractivity contribution in [3.8, 4) is 0 Å². The van der Waals surface area contributed by atoms with Gasteiger partial charge in [0.25, 0.3) is 0 Å². The molecule has 0 spiro atoms. The van der Waals surface area contributed by atoms with E-state index in [1.807, 2.05) is 0 Å². The lowest BCUT2D eigenvalue weighted by molar-refractivity contribution is 0.122. The predicted molar refractivity (Wildman–Crippen MR) is 88.5 cm³/mol. The van der Waals surface area contributed by atoms with Crippen molar-refractivity contribution in [2.24, 2.45) is 0 Å². The number of hydrogen-bond acceptors (Lipinski definition) is 1. The van der Waals surface area contributed by atoms with Gasteiger partial charge in [-0.2, -0.15) is 0 Å². The van der Waals surface area contributed by atoms with Gasteiger partial charge >= 0.3 is 0 Å². The fraction of sp³-hybridized carbons (Fsp3) is 0.444. The molecule has 0 saturated carbocycles. The molecule has 1 aliphatic heterocycles. The summed E-state index contributed by atoms with van der Waals surface area (Å²) in [4.78, 5) is 1.58. The molecule has 0 unspecified atom stereocenters. The maximum atomic E-state index is 5.74. The van der Waals surface area contributed by atoms with Crippen molar-refractivity contribution >= 4 is 21.7 Å². The van der Waals surface area contributed by atoms with Gasteiger partial charge in [-0.25, -0.2) is 0 Å². The first-order chi connectivity index (χ1) is 9.90. The number of hydrogen-bond donors (Lipinski definition) is 0. The maximum Gasteiger partial charge on any atom is 0.162 e. The fourth-order valence-electron chi connectivity index (χ4n) is 2.91. The Morgan fingerprint density at radius 2 is 1.75 bits per heavy atom. The lowest BCUT2D eigenvalue weighted by Crippen LogP contribution is -2.05. The molecule has 0 atom stereocenters. The Labute approximate surface area is 124 Å². The van der Waals surface area contributed by atoms with E-state index in [4.69, 9.17) is 4.74 Å². The first-order valence-corrected chi connectivity index (χ1v) is 9.22. The molecule has 0 amide bonds. The highest BCUT2D eigenvalue weighted by molar-refractivity contribution is 7.97. The molecule has 1 heterocycles. The second kappa shape index (κ2) is 6.64. The van der Waals surface area contributed by atoms with Crippen LogP contribution in [0.2, 0.25) is 0 Å². The van der Waals surface area contributed by atoms with Crippen molar-refractivity contribution in [2.45, 2.75) is 37.7 Å². The van der Waals surface area contributed by atoms with Gasteiger partial charge in [-0.05, 0) is 42.3 Å². The molecule has 0 aliphatic carbocycles. The molecule has 2 aromatic carbocycles. The van der Waals surface area contributed by atoms with E-state index in [1.54, 1.807) is 4.90 Å². The molecule has 0 N–H and O–H groups in total. The Balaban J connectivity index is 1.96. The Hall–Kier alpha value is -0.990. The van der Waals surface area contributed by atoms with Crippen LogP contribution in [0.25, 0.3) is 10.8 Å². The van der Waals surface area contributed by atoms with Crippen molar-refractivity contribution < 1.29 is 4.74 Å². The minimum Gasteiger partial charge on any atom is -0.377 e. The lowest BCUT2D eigenvalue weighted by Gasteiger charge is -2.10. The normalized spacial score (nSPS) is 16.1. The summed E-state index contributed by atoms with van der Waals surface area (Å²) in [5.74, 6) is 2.77. The van der Waals surface area contributed by atoms with E-state index in [0.29, 0.717) is 10.9 Å². The molecular weight excluding hydrogens is 264 g/mol. The van der Waals surface area contributed by atoms with Gasteiger partial charge in [-0.3, -0.25) is 0 Å². The van der Waals surface area contributed by atoms with E-state index >= 15 is 0 Å². The molecule has 2 aromatic rings. The van der Waals surface area contributed by atoms with Crippen LogP contribution in [-0.4, -0.2) is 18.1 Å². The van der Waals surface area contributed by atoms with Gasteiger partial charge in [-0.1, -0.05) is 31.2 Å². The van der Waals surface area contributed by atoms with E-state index in [1.165, 1.54) is 40.7 Å². The number of fused-ring (bicyclic) bond motifs is 1. The highest BCUT2D eigenvalue weighted by Crippen LogP contribution is 2.31. The van der Waals surface area contributed by atoms with Gasteiger partial charge in [-0.15, -0.1) is 0 Å². The third-order valence-electron chi connectivity index (χ3n) is 3.92. The minimum atomic E-state index is 0.478. The highest BCUT2D eigenvalue weighted by Gasteiger charge is 2.28. The standard InChI is InChI=1S/C18H23OS/c1-2-11-19-14-15-9-10-18(20-12-5-6-13-20)17-8-4-3-7-16(15)17/h3-4,7-10H,2,5-6,11-14H2,1H3/q+1. The van der Waals surface area contributed by atoms with Crippen LogP contribution in [0.3, 0.4) is 0 Å². The molecular formula is C18H23OS+. The predicted octanol–water partition coefficient (Wildman–Crippen LogP) is 4.54. The van der Waals surface area contributed by atoms with Gasteiger partial charge < -0.3 is 4.74 Å². The summed E-state index contributed by atoms with van der Waals surface area (Å²) < 4.78 is 5.74. The Bertz CT molecular complexity index is 573. The molecule has 20 heavy (non-hydrogen) atoms. The van der Waals surface area contributed by atoms with Gasteiger partial charge in [0, 0.05) is 22.9 Å². The molecule has 0 aromatic heterocycles. The number of benzene rings is 2. The largest absolute Gasteiger partial charge is 0.377 e. The molecule has 0 bridgehead atoms. The van der Waals surface area contributed by atoms with Crippen LogP contribution < -0.4 is 0 Å². The lowest BCUT2D eigenvalue weighted by atomic mass is 10.1. The van der Waals surface area contributed by atoms with Gasteiger partial charge in [0.1, 0.15) is 11.5 Å². The molecule has 106 valence electrons. The minimum absolute atomic E-state index is 0.478. The first kappa shape index (κ1) is 14.0. The quantitative estimate of drug-likeness (QED) is 0.579. The average molecular weight is 287 g/mol. The van der Waals surface area contributed by atoms with Gasteiger partial charge in [0.15, 0.2) is 4.90 Å². The Morgan fingerprint density at radius 3 is 2.50 bits per heavy atom. The van der Waals surface area contributed by atoms with Crippen LogP contribution in [0, 0.1) is 0 Å². The average Bonchev–Trinajstić information content (AvgIpc) is 3.01. The van der Waals surface area contributed by atoms with E-state index < -0.39 is 0 Å². The number of rotatable bonds is 5. The number of ether oxygens (including phenoxy) is 1.